The van der Waals surface area contributed by atoms with E-state index in [1.54, 1.807) is 0 Å². The van der Waals surface area contributed by atoms with Gasteiger partial charge in [-0.25, -0.2) is 4.79 Å². The molecule has 0 unspecified atom stereocenters. The molecule has 1 aliphatic rings. The molecular formula is C44H55N3O3S. The molecule has 4 aromatic carbocycles. The lowest BCUT2D eigenvalue weighted by molar-refractivity contribution is 0.0385. The van der Waals surface area contributed by atoms with Crippen LogP contribution in [0.25, 0.3) is 0 Å². The van der Waals surface area contributed by atoms with Crippen LogP contribution in [0.1, 0.15) is 85.1 Å². The van der Waals surface area contributed by atoms with Crippen molar-refractivity contribution >= 4 is 23.8 Å². The average molecular weight is 706 g/mol. The number of hydrogen-bond donors (Lipinski definition) is 1. The van der Waals surface area contributed by atoms with E-state index in [-0.39, 0.29) is 18.0 Å². The Bertz CT molecular complexity index is 1610. The van der Waals surface area contributed by atoms with Gasteiger partial charge in [0, 0.05) is 43.5 Å². The van der Waals surface area contributed by atoms with E-state index in [9.17, 15) is 9.59 Å². The Morgan fingerprint density at radius 3 is 1.92 bits per heavy atom. The van der Waals surface area contributed by atoms with E-state index in [2.05, 4.69) is 126 Å². The molecule has 0 spiro atoms. The van der Waals surface area contributed by atoms with Gasteiger partial charge in [-0.15, -0.1) is 11.8 Å². The van der Waals surface area contributed by atoms with Crippen LogP contribution in [0, 0.1) is 13.8 Å². The number of hydrogen-bond acceptors (Lipinski definition) is 5. The van der Waals surface area contributed by atoms with Crippen LogP contribution < -0.4 is 5.32 Å². The Morgan fingerprint density at radius 1 is 0.824 bits per heavy atom. The lowest BCUT2D eigenvalue weighted by Crippen LogP contribution is -2.58. The number of piperazine rings is 1. The smallest absolute Gasteiger partial charge is 0.407 e. The summed E-state index contributed by atoms with van der Waals surface area (Å²) in [5, 5.41) is 3.28. The van der Waals surface area contributed by atoms with Gasteiger partial charge in [0.1, 0.15) is 5.60 Å². The summed E-state index contributed by atoms with van der Waals surface area (Å²) in [5.74, 6) is 0.758. The van der Waals surface area contributed by atoms with Crippen molar-refractivity contribution in [3.63, 3.8) is 0 Å². The Kier molecular flexibility index (Phi) is 13.0. The zero-order chi connectivity index (χ0) is 36.4. The van der Waals surface area contributed by atoms with Crippen molar-refractivity contribution in [3.8, 4) is 0 Å². The summed E-state index contributed by atoms with van der Waals surface area (Å²) < 4.78 is 5.29. The predicted octanol–water partition coefficient (Wildman–Crippen LogP) is 9.24. The third-order valence-electron chi connectivity index (χ3n) is 9.80. The molecule has 51 heavy (non-hydrogen) atoms. The largest absolute Gasteiger partial charge is 0.444 e. The van der Waals surface area contributed by atoms with Crippen molar-refractivity contribution in [2.24, 2.45) is 0 Å². The van der Waals surface area contributed by atoms with Gasteiger partial charge >= 0.3 is 6.09 Å². The summed E-state index contributed by atoms with van der Waals surface area (Å²) in [6.45, 7) is 14.8. The third kappa shape index (κ3) is 9.63. The van der Waals surface area contributed by atoms with Crippen molar-refractivity contribution < 1.29 is 14.3 Å². The number of thioether (sulfide) groups is 1. The maximum Gasteiger partial charge on any atom is 0.407 e. The maximum atomic E-state index is 14.0. The summed E-state index contributed by atoms with van der Waals surface area (Å²) in [5.41, 5.74) is 5.91. The van der Waals surface area contributed by atoms with Crippen LogP contribution in [-0.2, 0) is 9.48 Å². The average Bonchev–Trinajstić information content (AvgIpc) is 3.12. The molecule has 0 radical (unpaired) electrons. The van der Waals surface area contributed by atoms with Crippen molar-refractivity contribution in [1.82, 2.24) is 15.1 Å². The van der Waals surface area contributed by atoms with Crippen molar-refractivity contribution in [2.45, 2.75) is 83.2 Å². The highest BCUT2D eigenvalue weighted by Crippen LogP contribution is 2.48. The molecule has 5 rings (SSSR count). The molecule has 6 nitrogen and oxygen atoms in total. The molecule has 0 aliphatic carbocycles. The second kappa shape index (κ2) is 17.4. The lowest BCUT2D eigenvalue weighted by Gasteiger charge is -2.43. The van der Waals surface area contributed by atoms with E-state index in [4.69, 9.17) is 4.74 Å². The van der Waals surface area contributed by atoms with Gasteiger partial charge in [0.2, 0.25) is 0 Å². The molecule has 270 valence electrons. The fourth-order valence-electron chi connectivity index (χ4n) is 7.10. The van der Waals surface area contributed by atoms with Crippen LogP contribution in [0.15, 0.2) is 109 Å². The Balaban J connectivity index is 1.45. The predicted molar refractivity (Wildman–Crippen MR) is 212 cm³/mol. The topological polar surface area (TPSA) is 61.9 Å². The highest BCUT2D eigenvalue weighted by atomic mass is 32.2. The van der Waals surface area contributed by atoms with E-state index in [0.29, 0.717) is 18.8 Å². The molecule has 0 aromatic heterocycles. The molecular weight excluding hydrogens is 651 g/mol. The number of aryl methyl sites for hydroxylation is 1. The third-order valence-corrected chi connectivity index (χ3v) is 11.5. The molecule has 1 heterocycles. The second-order valence-electron chi connectivity index (χ2n) is 14.7. The van der Waals surface area contributed by atoms with Crippen LogP contribution in [0.2, 0.25) is 0 Å². The summed E-state index contributed by atoms with van der Waals surface area (Å²) in [7, 11) is 0. The number of nitrogens with zero attached hydrogens (tertiary/aromatic N) is 2. The van der Waals surface area contributed by atoms with Crippen LogP contribution in [0.3, 0.4) is 0 Å². The first-order valence-electron chi connectivity index (χ1n) is 18.4. The van der Waals surface area contributed by atoms with Crippen LogP contribution in [-0.4, -0.2) is 71.4 Å². The summed E-state index contributed by atoms with van der Waals surface area (Å²) >= 11 is 1.84. The summed E-state index contributed by atoms with van der Waals surface area (Å²) in [6.07, 6.45) is 2.66. The van der Waals surface area contributed by atoms with Gasteiger partial charge in [0.15, 0.2) is 0 Å². The Hall–Kier alpha value is -4.07. The molecule has 2 amide bonds. The first-order valence-corrected chi connectivity index (χ1v) is 19.4. The molecule has 4 aromatic rings. The zero-order valence-corrected chi connectivity index (χ0v) is 32.0. The number of ether oxygens (including phenoxy) is 1. The van der Waals surface area contributed by atoms with Gasteiger partial charge in [-0.2, -0.15) is 0 Å². The van der Waals surface area contributed by atoms with Gasteiger partial charge in [-0.1, -0.05) is 123 Å². The number of benzene rings is 4. The standard InChI is InChI=1S/C44H55N3O3S/c1-7-8-26-39-31-46(28-29-47(39)41(48)40-27-18-19-33(2)34(40)3)30-38(45-42(49)50-43(4,5)6)32-51-44(35-20-12-9-13-21-35,36-22-14-10-15-23-36)37-24-16-11-17-25-37/h9-25,27,38-39H,7-8,26,28-32H2,1-6H3,(H,45,49)/t38-,39+/m1/s1. The molecule has 1 N–H and O–H groups in total. The van der Waals surface area contributed by atoms with E-state index in [1.165, 1.54) is 16.7 Å². The monoisotopic (exact) mass is 705 g/mol. The fourth-order valence-corrected chi connectivity index (χ4v) is 8.65. The molecule has 1 fully saturated rings. The molecule has 7 heteroatoms. The summed E-state index contributed by atoms with van der Waals surface area (Å²) in [6, 6.07) is 37.9. The highest BCUT2D eigenvalue weighted by Gasteiger charge is 2.39. The molecule has 0 saturated carbocycles. The number of nitrogens with one attached hydrogen (secondary N) is 1. The molecule has 2 atom stereocenters. The van der Waals surface area contributed by atoms with Gasteiger partial charge in [0.25, 0.3) is 5.91 Å². The number of rotatable bonds is 13. The van der Waals surface area contributed by atoms with E-state index < -0.39 is 16.4 Å². The second-order valence-corrected chi connectivity index (χ2v) is 16.0. The normalized spacial score (nSPS) is 16.0. The van der Waals surface area contributed by atoms with Gasteiger partial charge in [-0.3, -0.25) is 9.69 Å². The Morgan fingerprint density at radius 2 is 1.39 bits per heavy atom. The van der Waals surface area contributed by atoms with Gasteiger partial charge < -0.3 is 15.0 Å². The number of carbonyl (C=O) groups is 2. The fraction of sp³-hybridized carbons (Fsp3) is 0.409. The number of amides is 2. The minimum Gasteiger partial charge on any atom is -0.444 e. The maximum absolute atomic E-state index is 14.0. The first kappa shape index (κ1) is 38.2. The van der Waals surface area contributed by atoms with Crippen LogP contribution in [0.5, 0.6) is 0 Å². The molecule has 1 saturated heterocycles. The van der Waals surface area contributed by atoms with Crippen molar-refractivity contribution in [2.75, 3.05) is 31.9 Å². The highest BCUT2D eigenvalue weighted by molar-refractivity contribution is 8.00. The number of carbonyl (C=O) groups excluding carboxylic acids is 2. The van der Waals surface area contributed by atoms with Crippen LogP contribution >= 0.6 is 11.8 Å². The SMILES string of the molecule is CCCC[C@H]1CN(C[C@H](CSC(c2ccccc2)(c2ccccc2)c2ccccc2)NC(=O)OC(C)(C)C)CCN1C(=O)c1cccc(C)c1C. The molecule has 0 bridgehead atoms. The van der Waals surface area contributed by atoms with Gasteiger partial charge in [-0.05, 0) is 74.9 Å². The number of alkyl carbamates (subject to hydrolysis) is 1. The lowest BCUT2D eigenvalue weighted by atomic mass is 9.84. The quantitative estimate of drug-likeness (QED) is 0.141. The Labute approximate surface area is 310 Å². The van der Waals surface area contributed by atoms with Gasteiger partial charge in [0.05, 0.1) is 10.8 Å². The zero-order valence-electron chi connectivity index (χ0n) is 31.2. The van der Waals surface area contributed by atoms with E-state index >= 15 is 0 Å². The molecule has 1 aliphatic heterocycles. The van der Waals surface area contributed by atoms with E-state index in [0.717, 1.165) is 49.0 Å². The first-order chi connectivity index (χ1) is 24.5. The van der Waals surface area contributed by atoms with Crippen molar-refractivity contribution in [3.05, 3.63) is 143 Å². The van der Waals surface area contributed by atoms with Crippen molar-refractivity contribution in [1.29, 1.82) is 0 Å². The minimum absolute atomic E-state index is 0.0954. The van der Waals surface area contributed by atoms with Crippen LogP contribution in [0.4, 0.5) is 4.79 Å². The summed E-state index contributed by atoms with van der Waals surface area (Å²) in [4.78, 5) is 31.9. The number of unbranched alkanes of at least 4 members (excludes halogenated alkanes) is 1. The van der Waals surface area contributed by atoms with E-state index in [1.807, 2.05) is 51.6 Å². The minimum atomic E-state index is -0.616.